The molecule has 8 heteroatoms. The van der Waals surface area contributed by atoms with Crippen molar-refractivity contribution in [1.82, 2.24) is 15.0 Å². The molecular formula is C20H13N3O4S. The Hall–Kier alpha value is -3.52. The van der Waals surface area contributed by atoms with Gasteiger partial charge in [0.05, 0.1) is 5.39 Å². The van der Waals surface area contributed by atoms with Crippen LogP contribution in [0.15, 0.2) is 59.4 Å². The monoisotopic (exact) mass is 391 g/mol. The van der Waals surface area contributed by atoms with Gasteiger partial charge in [-0.2, -0.15) is 4.68 Å². The Morgan fingerprint density at radius 2 is 2.00 bits per heavy atom. The van der Waals surface area contributed by atoms with Crippen molar-refractivity contribution < 1.29 is 14.3 Å². The molecule has 0 saturated heterocycles. The third-order valence-corrected chi connectivity index (χ3v) is 5.66. The molecule has 0 unspecified atom stereocenters. The molecular weight excluding hydrogens is 378 g/mol. The van der Waals surface area contributed by atoms with Gasteiger partial charge in [-0.05, 0) is 30.3 Å². The van der Waals surface area contributed by atoms with Crippen LogP contribution in [0, 0.1) is 0 Å². The van der Waals surface area contributed by atoms with Crippen molar-refractivity contribution in [1.29, 1.82) is 0 Å². The fourth-order valence-corrected chi connectivity index (χ4v) is 4.19. The first-order valence-electron chi connectivity index (χ1n) is 8.55. The summed E-state index contributed by atoms with van der Waals surface area (Å²) in [6.07, 6.45) is 0. The van der Waals surface area contributed by atoms with Gasteiger partial charge in [0.15, 0.2) is 6.73 Å². The molecule has 0 saturated carbocycles. The quantitative estimate of drug-likeness (QED) is 0.499. The minimum Gasteiger partial charge on any atom is -0.488 e. The van der Waals surface area contributed by atoms with Crippen molar-refractivity contribution in [3.63, 3.8) is 0 Å². The predicted octanol–water partition coefficient (Wildman–Crippen LogP) is 3.23. The fourth-order valence-electron chi connectivity index (χ4n) is 3.10. The fraction of sp³-hybridized carbons (Fsp3) is 0.100. The maximum atomic E-state index is 12.5. The molecule has 0 aliphatic carbocycles. The highest BCUT2D eigenvalue weighted by Gasteiger charge is 2.23. The zero-order valence-corrected chi connectivity index (χ0v) is 15.3. The van der Waals surface area contributed by atoms with E-state index in [1.54, 1.807) is 30.3 Å². The van der Waals surface area contributed by atoms with Gasteiger partial charge < -0.3 is 9.47 Å². The molecule has 7 nitrogen and oxygen atoms in total. The van der Waals surface area contributed by atoms with Gasteiger partial charge in [0.25, 0.3) is 5.56 Å². The van der Waals surface area contributed by atoms with E-state index in [1.807, 2.05) is 24.3 Å². The molecule has 5 rings (SSSR count). The molecule has 4 aromatic rings. The smallest absolute Gasteiger partial charge is 0.350 e. The number of para-hydroxylation sites is 1. The van der Waals surface area contributed by atoms with E-state index in [1.165, 1.54) is 11.3 Å². The number of benzene rings is 2. The van der Waals surface area contributed by atoms with E-state index < -0.39 is 5.97 Å². The van der Waals surface area contributed by atoms with Crippen molar-refractivity contribution in [3.05, 3.63) is 75.4 Å². The predicted molar refractivity (Wildman–Crippen MR) is 103 cm³/mol. The zero-order chi connectivity index (χ0) is 19.1. The van der Waals surface area contributed by atoms with Crippen molar-refractivity contribution in [2.24, 2.45) is 0 Å². The van der Waals surface area contributed by atoms with Crippen LogP contribution in [0.2, 0.25) is 0 Å². The second-order valence-corrected chi connectivity index (χ2v) is 7.27. The largest absolute Gasteiger partial charge is 0.488 e. The van der Waals surface area contributed by atoms with Gasteiger partial charge >= 0.3 is 5.97 Å². The van der Waals surface area contributed by atoms with Gasteiger partial charge in [-0.15, -0.1) is 16.4 Å². The van der Waals surface area contributed by atoms with Crippen LogP contribution in [0.4, 0.5) is 0 Å². The van der Waals surface area contributed by atoms with Crippen LogP contribution < -0.4 is 10.3 Å². The molecule has 0 radical (unpaired) electrons. The molecule has 2 aromatic carbocycles. The van der Waals surface area contributed by atoms with Crippen LogP contribution >= 0.6 is 11.3 Å². The third-order valence-electron chi connectivity index (χ3n) is 4.47. The topological polar surface area (TPSA) is 83.3 Å². The van der Waals surface area contributed by atoms with Crippen LogP contribution in [-0.2, 0) is 18.1 Å². The molecule has 2 aromatic heterocycles. The number of hydrogen-bond donors (Lipinski definition) is 0. The lowest BCUT2D eigenvalue weighted by Gasteiger charge is -2.16. The summed E-state index contributed by atoms with van der Waals surface area (Å²) in [6, 6.07) is 16.4. The maximum Gasteiger partial charge on any atom is 0.350 e. The summed E-state index contributed by atoms with van der Waals surface area (Å²) in [5.74, 6) is 0.286. The van der Waals surface area contributed by atoms with Crippen molar-refractivity contribution >= 4 is 28.2 Å². The van der Waals surface area contributed by atoms with Gasteiger partial charge in [0, 0.05) is 16.0 Å². The summed E-state index contributed by atoms with van der Waals surface area (Å²) in [7, 11) is 0. The lowest BCUT2D eigenvalue weighted by molar-refractivity contribution is 0.0342. The molecule has 0 fully saturated rings. The van der Waals surface area contributed by atoms with Gasteiger partial charge in [-0.3, -0.25) is 4.79 Å². The average Bonchev–Trinajstić information content (AvgIpc) is 3.18. The number of ether oxygens (including phenoxy) is 2. The maximum absolute atomic E-state index is 12.5. The van der Waals surface area contributed by atoms with Crippen molar-refractivity contribution in [2.75, 3.05) is 0 Å². The number of rotatable bonds is 3. The summed E-state index contributed by atoms with van der Waals surface area (Å²) in [6.45, 7) is 0.108. The van der Waals surface area contributed by atoms with Gasteiger partial charge in [0.2, 0.25) is 0 Å². The first kappa shape index (κ1) is 16.6. The molecule has 0 spiro atoms. The number of fused-ring (bicyclic) bond motifs is 4. The van der Waals surface area contributed by atoms with Crippen molar-refractivity contribution in [3.8, 4) is 16.2 Å². The van der Waals surface area contributed by atoms with E-state index >= 15 is 0 Å². The molecule has 138 valence electrons. The highest BCUT2D eigenvalue weighted by molar-refractivity contribution is 7.17. The van der Waals surface area contributed by atoms with Gasteiger partial charge in [-0.1, -0.05) is 29.5 Å². The summed E-state index contributed by atoms with van der Waals surface area (Å²) in [5.41, 5.74) is 2.05. The highest BCUT2D eigenvalue weighted by Crippen LogP contribution is 2.42. The molecule has 0 atom stereocenters. The standard InChI is InChI=1S/C20H13N3O4S/c24-19-13-5-1-3-7-15(13)21-22-23(19)11-27-20(25)17-9-12-10-26-16-8-4-2-6-14(16)18(12)28-17/h1-9H,10-11H2. The number of carbonyl (C=O) groups is 1. The van der Waals surface area contributed by atoms with Crippen LogP contribution in [0.25, 0.3) is 21.3 Å². The Balaban J connectivity index is 1.39. The van der Waals surface area contributed by atoms with Crippen LogP contribution in [0.1, 0.15) is 15.2 Å². The number of thiophene rings is 1. The van der Waals surface area contributed by atoms with Crippen LogP contribution in [0.3, 0.4) is 0 Å². The van der Waals surface area contributed by atoms with E-state index in [0.29, 0.717) is 22.4 Å². The van der Waals surface area contributed by atoms with E-state index in [0.717, 1.165) is 26.4 Å². The number of hydrogen-bond acceptors (Lipinski definition) is 7. The molecule has 1 aliphatic heterocycles. The van der Waals surface area contributed by atoms with E-state index in [2.05, 4.69) is 10.3 Å². The van der Waals surface area contributed by atoms with Crippen LogP contribution in [0.5, 0.6) is 5.75 Å². The molecule has 0 bridgehead atoms. The molecule has 0 N–H and O–H groups in total. The minimum absolute atomic E-state index is 0.300. The SMILES string of the molecule is O=C(OCn1nnc2ccccc2c1=O)c1cc2c(s1)-c1ccccc1OC2. The van der Waals surface area contributed by atoms with Crippen LogP contribution in [-0.4, -0.2) is 21.0 Å². The zero-order valence-electron chi connectivity index (χ0n) is 14.5. The Kier molecular flexibility index (Phi) is 3.91. The molecule has 1 aliphatic rings. The summed E-state index contributed by atoms with van der Waals surface area (Å²) in [4.78, 5) is 26.4. The van der Waals surface area contributed by atoms with E-state index in [4.69, 9.17) is 9.47 Å². The molecule has 0 amide bonds. The third kappa shape index (κ3) is 2.74. The second kappa shape index (κ2) is 6.58. The van der Waals surface area contributed by atoms with Crippen molar-refractivity contribution in [2.45, 2.75) is 13.3 Å². The highest BCUT2D eigenvalue weighted by atomic mass is 32.1. The Morgan fingerprint density at radius 3 is 2.93 bits per heavy atom. The first-order chi connectivity index (χ1) is 13.7. The second-order valence-electron chi connectivity index (χ2n) is 6.22. The lowest BCUT2D eigenvalue weighted by Crippen LogP contribution is -2.26. The summed E-state index contributed by atoms with van der Waals surface area (Å²) >= 11 is 1.35. The Labute approximate surface area is 162 Å². The summed E-state index contributed by atoms with van der Waals surface area (Å²) in [5, 5.41) is 8.23. The molecule has 28 heavy (non-hydrogen) atoms. The number of carbonyl (C=O) groups excluding carboxylic acids is 1. The molecule has 3 heterocycles. The minimum atomic E-state index is -0.515. The normalized spacial score (nSPS) is 12.1. The first-order valence-corrected chi connectivity index (χ1v) is 9.37. The van der Waals surface area contributed by atoms with Gasteiger partial charge in [0.1, 0.15) is 22.8 Å². The lowest BCUT2D eigenvalue weighted by atomic mass is 10.1. The van der Waals surface area contributed by atoms with E-state index in [9.17, 15) is 9.59 Å². The number of esters is 1. The average molecular weight is 391 g/mol. The summed E-state index contributed by atoms with van der Waals surface area (Å²) < 4.78 is 12.1. The number of nitrogens with zero attached hydrogens (tertiary/aromatic N) is 3. The van der Waals surface area contributed by atoms with E-state index in [-0.39, 0.29) is 12.3 Å². The number of aromatic nitrogens is 3. The Bertz CT molecular complexity index is 1280. The Morgan fingerprint density at radius 1 is 1.18 bits per heavy atom. The van der Waals surface area contributed by atoms with Gasteiger partial charge in [-0.25, -0.2) is 4.79 Å².